The molecule has 134 valence electrons. The number of nitrogens with zero attached hydrogens (tertiary/aromatic N) is 1. The maximum Gasteiger partial charge on any atom is 0.315 e. The van der Waals surface area contributed by atoms with E-state index in [1.165, 1.54) is 0 Å². The highest BCUT2D eigenvalue weighted by molar-refractivity contribution is 5.74. The molecule has 0 saturated heterocycles. The van der Waals surface area contributed by atoms with Crippen LogP contribution in [-0.2, 0) is 0 Å². The van der Waals surface area contributed by atoms with Crippen molar-refractivity contribution in [2.24, 2.45) is 5.92 Å². The molecule has 0 radical (unpaired) electrons. The fourth-order valence-electron chi connectivity index (χ4n) is 2.50. The normalized spacial score (nSPS) is 14.4. The minimum atomic E-state index is -0.523. The van der Waals surface area contributed by atoms with Crippen molar-refractivity contribution < 1.29 is 9.90 Å². The van der Waals surface area contributed by atoms with E-state index in [1.807, 2.05) is 63.4 Å². The molecule has 0 saturated carbocycles. The van der Waals surface area contributed by atoms with Crippen LogP contribution in [0.2, 0.25) is 0 Å². The first-order chi connectivity index (χ1) is 12.0. The molecule has 2 amide bonds. The standard InChI is InChI=1S/C20H27N3O2/c1-4-14(2)19(24)13-22-20(25)23-15(3)16-7-9-17(10-8-16)18-6-5-11-21-12-18/h5-12,14-15,19,24H,4,13H2,1-3H3,(H2,22,23,25). The number of amides is 2. The molecule has 5 nitrogen and oxygen atoms in total. The highest BCUT2D eigenvalue weighted by Gasteiger charge is 2.14. The van der Waals surface area contributed by atoms with Crippen LogP contribution in [0.25, 0.3) is 11.1 Å². The van der Waals surface area contributed by atoms with Crippen LogP contribution < -0.4 is 10.6 Å². The number of pyridine rings is 1. The largest absolute Gasteiger partial charge is 0.391 e. The van der Waals surface area contributed by atoms with Crippen molar-refractivity contribution in [2.45, 2.75) is 39.3 Å². The molecular formula is C20H27N3O2. The summed E-state index contributed by atoms with van der Waals surface area (Å²) in [5.41, 5.74) is 3.17. The monoisotopic (exact) mass is 341 g/mol. The number of carbonyl (C=O) groups excluding carboxylic acids is 1. The van der Waals surface area contributed by atoms with Crippen LogP contribution in [-0.4, -0.2) is 28.8 Å². The maximum absolute atomic E-state index is 12.0. The first-order valence-corrected chi connectivity index (χ1v) is 8.74. The minimum absolute atomic E-state index is 0.122. The molecule has 0 fully saturated rings. The number of benzene rings is 1. The molecule has 3 atom stereocenters. The Balaban J connectivity index is 1.88. The topological polar surface area (TPSA) is 74.2 Å². The lowest BCUT2D eigenvalue weighted by Gasteiger charge is -2.19. The van der Waals surface area contributed by atoms with E-state index in [2.05, 4.69) is 15.6 Å². The van der Waals surface area contributed by atoms with Gasteiger partial charge in [-0.3, -0.25) is 4.98 Å². The van der Waals surface area contributed by atoms with Gasteiger partial charge in [-0.2, -0.15) is 0 Å². The molecule has 5 heteroatoms. The molecule has 3 N–H and O–H groups in total. The van der Waals surface area contributed by atoms with E-state index in [0.29, 0.717) is 0 Å². The lowest BCUT2D eigenvalue weighted by atomic mass is 10.0. The van der Waals surface area contributed by atoms with Gasteiger partial charge in [0.1, 0.15) is 0 Å². The third-order valence-corrected chi connectivity index (χ3v) is 4.53. The van der Waals surface area contributed by atoms with E-state index in [4.69, 9.17) is 0 Å². The second kappa shape index (κ2) is 9.18. The fraction of sp³-hybridized carbons (Fsp3) is 0.400. The van der Waals surface area contributed by atoms with Crippen LogP contribution in [0.3, 0.4) is 0 Å². The summed E-state index contributed by atoms with van der Waals surface area (Å²) in [6.07, 6.45) is 3.93. The first-order valence-electron chi connectivity index (χ1n) is 8.74. The first kappa shape index (κ1) is 18.9. The van der Waals surface area contributed by atoms with Crippen LogP contribution in [0.5, 0.6) is 0 Å². The van der Waals surface area contributed by atoms with Gasteiger partial charge in [0, 0.05) is 18.9 Å². The summed E-state index contributed by atoms with van der Waals surface area (Å²) in [5, 5.41) is 15.5. The van der Waals surface area contributed by atoms with Gasteiger partial charge in [0.05, 0.1) is 12.1 Å². The molecular weight excluding hydrogens is 314 g/mol. The number of nitrogens with one attached hydrogen (secondary N) is 2. The van der Waals surface area contributed by atoms with Crippen molar-refractivity contribution in [3.63, 3.8) is 0 Å². The van der Waals surface area contributed by atoms with Gasteiger partial charge in [0.15, 0.2) is 0 Å². The molecule has 0 bridgehead atoms. The molecule has 0 aliphatic rings. The van der Waals surface area contributed by atoms with Gasteiger partial charge in [0.2, 0.25) is 0 Å². The average molecular weight is 341 g/mol. The SMILES string of the molecule is CCC(C)C(O)CNC(=O)NC(C)c1ccc(-c2cccnc2)cc1. The number of aliphatic hydroxyl groups excluding tert-OH is 1. The zero-order valence-corrected chi connectivity index (χ0v) is 15.1. The highest BCUT2D eigenvalue weighted by atomic mass is 16.3. The van der Waals surface area contributed by atoms with Gasteiger partial charge in [-0.05, 0) is 35.6 Å². The molecule has 1 heterocycles. The number of aliphatic hydroxyl groups is 1. The molecule has 2 rings (SSSR count). The van der Waals surface area contributed by atoms with E-state index in [-0.39, 0.29) is 24.5 Å². The zero-order chi connectivity index (χ0) is 18.2. The molecule has 3 unspecified atom stereocenters. The van der Waals surface area contributed by atoms with Gasteiger partial charge >= 0.3 is 6.03 Å². The number of hydrogen-bond acceptors (Lipinski definition) is 3. The Kier molecular flexibility index (Phi) is 6.95. The Morgan fingerprint density at radius 1 is 1.16 bits per heavy atom. The Morgan fingerprint density at radius 2 is 1.88 bits per heavy atom. The van der Waals surface area contributed by atoms with E-state index in [0.717, 1.165) is 23.1 Å². The quantitative estimate of drug-likeness (QED) is 0.721. The van der Waals surface area contributed by atoms with Crippen molar-refractivity contribution >= 4 is 6.03 Å². The Hall–Kier alpha value is -2.40. The molecule has 25 heavy (non-hydrogen) atoms. The predicted molar refractivity (Wildman–Crippen MR) is 100 cm³/mol. The van der Waals surface area contributed by atoms with E-state index < -0.39 is 6.10 Å². The van der Waals surface area contributed by atoms with E-state index >= 15 is 0 Å². The van der Waals surface area contributed by atoms with Crippen LogP contribution in [0, 0.1) is 5.92 Å². The summed E-state index contributed by atoms with van der Waals surface area (Å²) in [6, 6.07) is 11.6. The number of carbonyl (C=O) groups is 1. The number of rotatable bonds is 7. The van der Waals surface area contributed by atoms with Crippen LogP contribution >= 0.6 is 0 Å². The third-order valence-electron chi connectivity index (χ3n) is 4.53. The second-order valence-electron chi connectivity index (χ2n) is 6.39. The van der Waals surface area contributed by atoms with E-state index in [1.54, 1.807) is 6.20 Å². The van der Waals surface area contributed by atoms with Crippen molar-refractivity contribution in [1.82, 2.24) is 15.6 Å². The summed E-state index contributed by atoms with van der Waals surface area (Å²) in [6.45, 7) is 6.18. The van der Waals surface area contributed by atoms with Gasteiger partial charge in [-0.1, -0.05) is 50.6 Å². The minimum Gasteiger partial charge on any atom is -0.391 e. The summed E-state index contributed by atoms with van der Waals surface area (Å²) in [7, 11) is 0. The van der Waals surface area contributed by atoms with Crippen molar-refractivity contribution in [1.29, 1.82) is 0 Å². The number of urea groups is 1. The molecule has 0 aliphatic carbocycles. The smallest absolute Gasteiger partial charge is 0.315 e. The highest BCUT2D eigenvalue weighted by Crippen LogP contribution is 2.21. The van der Waals surface area contributed by atoms with Gasteiger partial charge in [0.25, 0.3) is 0 Å². The molecule has 1 aromatic heterocycles. The Labute approximate surface area is 149 Å². The summed E-state index contributed by atoms with van der Waals surface area (Å²) in [4.78, 5) is 16.1. The van der Waals surface area contributed by atoms with Gasteiger partial charge in [-0.15, -0.1) is 0 Å². The molecule has 0 spiro atoms. The van der Waals surface area contributed by atoms with Crippen LogP contribution in [0.1, 0.15) is 38.8 Å². The van der Waals surface area contributed by atoms with E-state index in [9.17, 15) is 9.90 Å². The third kappa shape index (κ3) is 5.57. The van der Waals surface area contributed by atoms with Gasteiger partial charge < -0.3 is 15.7 Å². The predicted octanol–water partition coefficient (Wildman–Crippen LogP) is 3.52. The summed E-state index contributed by atoms with van der Waals surface area (Å²) in [5.74, 6) is 0.165. The fourth-order valence-corrected chi connectivity index (χ4v) is 2.50. The zero-order valence-electron chi connectivity index (χ0n) is 15.1. The van der Waals surface area contributed by atoms with Crippen LogP contribution in [0.4, 0.5) is 4.79 Å². The Bertz CT molecular complexity index is 658. The van der Waals surface area contributed by atoms with Crippen molar-refractivity contribution in [3.8, 4) is 11.1 Å². The average Bonchev–Trinajstić information content (AvgIpc) is 2.66. The molecule has 2 aromatic rings. The lowest BCUT2D eigenvalue weighted by Crippen LogP contribution is -2.42. The van der Waals surface area contributed by atoms with Crippen molar-refractivity contribution in [2.75, 3.05) is 6.54 Å². The maximum atomic E-state index is 12.0. The number of aromatic nitrogens is 1. The second-order valence-corrected chi connectivity index (χ2v) is 6.39. The van der Waals surface area contributed by atoms with Crippen molar-refractivity contribution in [3.05, 3.63) is 54.4 Å². The van der Waals surface area contributed by atoms with Crippen LogP contribution in [0.15, 0.2) is 48.8 Å². The van der Waals surface area contributed by atoms with Gasteiger partial charge in [-0.25, -0.2) is 4.79 Å². The number of hydrogen-bond donors (Lipinski definition) is 3. The summed E-state index contributed by atoms with van der Waals surface area (Å²) < 4.78 is 0. The summed E-state index contributed by atoms with van der Waals surface area (Å²) >= 11 is 0. The lowest BCUT2D eigenvalue weighted by molar-refractivity contribution is 0.114. The molecule has 0 aliphatic heterocycles. The molecule has 1 aromatic carbocycles. The Morgan fingerprint density at radius 3 is 2.48 bits per heavy atom.